The third-order valence-corrected chi connectivity index (χ3v) is 5.70. The fourth-order valence-electron chi connectivity index (χ4n) is 3.27. The van der Waals surface area contributed by atoms with Crippen molar-refractivity contribution in [2.45, 2.75) is 27.2 Å². The lowest BCUT2D eigenvalue weighted by Gasteiger charge is -2.09. The first-order valence-corrected chi connectivity index (χ1v) is 10.1. The molecule has 0 bridgehead atoms. The molecule has 0 unspecified atom stereocenters. The summed E-state index contributed by atoms with van der Waals surface area (Å²) in [6.45, 7) is 5.69. The topological polar surface area (TPSA) is 120 Å². The van der Waals surface area contributed by atoms with Gasteiger partial charge in [0.15, 0.2) is 5.13 Å². The van der Waals surface area contributed by atoms with Crippen molar-refractivity contribution in [3.63, 3.8) is 0 Å². The van der Waals surface area contributed by atoms with Gasteiger partial charge in [0, 0.05) is 27.4 Å². The number of benzene rings is 1. The van der Waals surface area contributed by atoms with E-state index in [0.717, 1.165) is 38.8 Å². The molecule has 3 N–H and O–H groups in total. The Balaban J connectivity index is 1.54. The standard InChI is InChI=1S/C20H21N7O2S/c1-10-15(11(2)27-19(22-10)25-18(21)26-27)9-16(28)23-20-24-17(12(3)30-20)13-5-7-14(29-4)8-6-13/h5-8H,9H2,1-4H3,(H2,21,26)(H,23,24,28). The average Bonchev–Trinajstić information content (AvgIpc) is 3.27. The summed E-state index contributed by atoms with van der Waals surface area (Å²) in [5.74, 6) is 1.18. The molecule has 1 amide bonds. The number of aromatic nitrogens is 5. The van der Waals surface area contributed by atoms with Crippen LogP contribution in [0.15, 0.2) is 24.3 Å². The van der Waals surface area contributed by atoms with Crippen LogP contribution in [0.25, 0.3) is 17.0 Å². The SMILES string of the molecule is COc1ccc(-c2nc(NC(=O)Cc3c(C)nc4nc(N)nn4c3C)sc2C)cc1. The molecule has 0 atom stereocenters. The van der Waals surface area contributed by atoms with Crippen LogP contribution >= 0.6 is 11.3 Å². The average molecular weight is 424 g/mol. The van der Waals surface area contributed by atoms with E-state index in [1.807, 2.05) is 45.0 Å². The molecule has 9 nitrogen and oxygen atoms in total. The lowest BCUT2D eigenvalue weighted by atomic mass is 10.1. The second-order valence-electron chi connectivity index (χ2n) is 6.82. The number of nitrogens with zero attached hydrogens (tertiary/aromatic N) is 5. The van der Waals surface area contributed by atoms with Crippen LogP contribution in [-0.2, 0) is 11.2 Å². The van der Waals surface area contributed by atoms with Gasteiger partial charge in [-0.3, -0.25) is 4.79 Å². The van der Waals surface area contributed by atoms with E-state index in [-0.39, 0.29) is 18.3 Å². The van der Waals surface area contributed by atoms with Crippen LogP contribution < -0.4 is 15.8 Å². The summed E-state index contributed by atoms with van der Waals surface area (Å²) >= 11 is 1.44. The number of thiazole rings is 1. The molecule has 0 saturated carbocycles. The minimum Gasteiger partial charge on any atom is -0.497 e. The number of hydrogen-bond donors (Lipinski definition) is 2. The summed E-state index contributed by atoms with van der Waals surface area (Å²) in [6.07, 6.45) is 0.150. The van der Waals surface area contributed by atoms with Crippen molar-refractivity contribution in [2.24, 2.45) is 0 Å². The van der Waals surface area contributed by atoms with Crippen molar-refractivity contribution in [3.8, 4) is 17.0 Å². The number of fused-ring (bicyclic) bond motifs is 1. The summed E-state index contributed by atoms with van der Waals surface area (Å²) in [5.41, 5.74) is 9.76. The Kier molecular flexibility index (Phi) is 5.08. The van der Waals surface area contributed by atoms with Gasteiger partial charge in [0.1, 0.15) is 5.75 Å². The predicted molar refractivity (Wildman–Crippen MR) is 116 cm³/mol. The molecule has 0 saturated heterocycles. The number of nitrogen functional groups attached to an aromatic ring is 1. The Hall–Kier alpha value is -3.53. The van der Waals surface area contributed by atoms with Gasteiger partial charge in [-0.1, -0.05) is 0 Å². The fourth-order valence-corrected chi connectivity index (χ4v) is 4.12. The van der Waals surface area contributed by atoms with E-state index in [1.54, 1.807) is 11.6 Å². The number of hydrogen-bond acceptors (Lipinski definition) is 8. The number of carbonyl (C=O) groups excluding carboxylic acids is 1. The molecule has 4 aromatic rings. The maximum Gasteiger partial charge on any atom is 0.254 e. The highest BCUT2D eigenvalue weighted by Crippen LogP contribution is 2.31. The highest BCUT2D eigenvalue weighted by atomic mass is 32.1. The zero-order valence-electron chi connectivity index (χ0n) is 17.1. The summed E-state index contributed by atoms with van der Waals surface area (Å²) in [7, 11) is 1.63. The predicted octanol–water partition coefficient (Wildman–Crippen LogP) is 2.95. The van der Waals surface area contributed by atoms with Crippen LogP contribution in [0.5, 0.6) is 5.75 Å². The molecule has 0 spiro atoms. The second-order valence-corrected chi connectivity index (χ2v) is 8.02. The van der Waals surface area contributed by atoms with Gasteiger partial charge in [0.25, 0.3) is 5.78 Å². The van der Waals surface area contributed by atoms with E-state index in [0.29, 0.717) is 10.9 Å². The first-order chi connectivity index (χ1) is 14.4. The molecule has 4 rings (SSSR count). The highest BCUT2D eigenvalue weighted by molar-refractivity contribution is 7.16. The van der Waals surface area contributed by atoms with Crippen molar-refractivity contribution < 1.29 is 9.53 Å². The minimum absolute atomic E-state index is 0.149. The zero-order valence-corrected chi connectivity index (χ0v) is 17.9. The molecule has 0 radical (unpaired) electrons. The molecule has 3 aromatic heterocycles. The Morgan fingerprint density at radius 3 is 2.60 bits per heavy atom. The number of nitrogens with two attached hydrogens (primary N) is 1. The van der Waals surface area contributed by atoms with Crippen molar-refractivity contribution in [1.82, 2.24) is 24.6 Å². The molecule has 30 heavy (non-hydrogen) atoms. The highest BCUT2D eigenvalue weighted by Gasteiger charge is 2.17. The molecule has 154 valence electrons. The van der Waals surface area contributed by atoms with E-state index < -0.39 is 0 Å². The first kappa shape index (κ1) is 19.8. The first-order valence-electron chi connectivity index (χ1n) is 9.25. The molecule has 0 aliphatic heterocycles. The molecular formula is C20H21N7O2S. The smallest absolute Gasteiger partial charge is 0.254 e. The minimum atomic E-state index is -0.175. The number of aryl methyl sites for hydroxylation is 3. The Labute approximate surface area is 177 Å². The largest absolute Gasteiger partial charge is 0.497 e. The molecular weight excluding hydrogens is 402 g/mol. The van der Waals surface area contributed by atoms with E-state index in [9.17, 15) is 4.79 Å². The number of anilines is 2. The fraction of sp³-hybridized carbons (Fsp3) is 0.250. The number of methoxy groups -OCH3 is 1. The number of rotatable bonds is 5. The van der Waals surface area contributed by atoms with Gasteiger partial charge in [-0.05, 0) is 45.0 Å². The van der Waals surface area contributed by atoms with Gasteiger partial charge in [-0.2, -0.15) is 9.50 Å². The van der Waals surface area contributed by atoms with Crippen molar-refractivity contribution >= 4 is 34.1 Å². The van der Waals surface area contributed by atoms with Gasteiger partial charge in [-0.25, -0.2) is 9.97 Å². The lowest BCUT2D eigenvalue weighted by Crippen LogP contribution is -2.17. The van der Waals surface area contributed by atoms with Crippen LogP contribution in [0.3, 0.4) is 0 Å². The van der Waals surface area contributed by atoms with Crippen LogP contribution in [0.2, 0.25) is 0 Å². The third-order valence-electron chi connectivity index (χ3n) is 4.81. The molecule has 10 heteroatoms. The summed E-state index contributed by atoms with van der Waals surface area (Å²) < 4.78 is 6.76. The van der Waals surface area contributed by atoms with Crippen molar-refractivity contribution in [2.75, 3.05) is 18.2 Å². The maximum atomic E-state index is 12.7. The van der Waals surface area contributed by atoms with Gasteiger partial charge in [-0.15, -0.1) is 16.4 Å². The van der Waals surface area contributed by atoms with Crippen molar-refractivity contribution in [3.05, 3.63) is 46.1 Å². The zero-order chi connectivity index (χ0) is 21.4. The summed E-state index contributed by atoms with van der Waals surface area (Å²) in [6, 6.07) is 7.67. The van der Waals surface area contributed by atoms with Crippen LogP contribution in [-0.4, -0.2) is 37.6 Å². The van der Waals surface area contributed by atoms with E-state index in [1.165, 1.54) is 11.3 Å². The summed E-state index contributed by atoms with van der Waals surface area (Å²) in [5, 5.41) is 7.59. The quantitative estimate of drug-likeness (QED) is 0.506. The Morgan fingerprint density at radius 2 is 1.90 bits per heavy atom. The van der Waals surface area contributed by atoms with E-state index in [4.69, 9.17) is 10.5 Å². The van der Waals surface area contributed by atoms with Gasteiger partial charge >= 0.3 is 0 Å². The maximum absolute atomic E-state index is 12.7. The number of ether oxygens (including phenoxy) is 1. The molecule has 3 heterocycles. The monoisotopic (exact) mass is 423 g/mol. The number of amides is 1. The van der Waals surface area contributed by atoms with Crippen LogP contribution in [0, 0.1) is 20.8 Å². The van der Waals surface area contributed by atoms with Gasteiger partial charge in [0.2, 0.25) is 11.9 Å². The lowest BCUT2D eigenvalue weighted by molar-refractivity contribution is -0.115. The normalized spacial score (nSPS) is 11.1. The Morgan fingerprint density at radius 1 is 1.17 bits per heavy atom. The molecule has 1 aromatic carbocycles. The number of nitrogens with one attached hydrogen (secondary N) is 1. The summed E-state index contributed by atoms with van der Waals surface area (Å²) in [4.78, 5) is 26.8. The van der Waals surface area contributed by atoms with Crippen molar-refractivity contribution in [1.29, 1.82) is 0 Å². The third kappa shape index (κ3) is 3.69. The van der Waals surface area contributed by atoms with Gasteiger partial charge < -0.3 is 15.8 Å². The molecule has 0 aliphatic carbocycles. The van der Waals surface area contributed by atoms with Crippen LogP contribution in [0.4, 0.5) is 11.1 Å². The molecule has 0 fully saturated rings. The molecule has 0 aliphatic rings. The second kappa shape index (κ2) is 7.71. The number of carbonyl (C=O) groups is 1. The van der Waals surface area contributed by atoms with Gasteiger partial charge in [0.05, 0.1) is 19.2 Å². The van der Waals surface area contributed by atoms with Crippen LogP contribution in [0.1, 0.15) is 21.8 Å². The Bertz CT molecular complexity index is 1240. The van der Waals surface area contributed by atoms with E-state index >= 15 is 0 Å². The van der Waals surface area contributed by atoms with E-state index in [2.05, 4.69) is 25.4 Å².